The number of aromatic nitrogens is 2. The van der Waals surface area contributed by atoms with E-state index >= 15 is 0 Å². The lowest BCUT2D eigenvalue weighted by Crippen LogP contribution is -2.25. The van der Waals surface area contributed by atoms with Crippen molar-refractivity contribution in [3.8, 4) is 0 Å². The minimum atomic E-state index is -0.782. The first-order valence-corrected chi connectivity index (χ1v) is 10.9. The highest BCUT2D eigenvalue weighted by atomic mass is 32.1. The number of rotatable bonds is 7. The van der Waals surface area contributed by atoms with Crippen molar-refractivity contribution in [2.45, 2.75) is 71.9 Å². The predicted octanol–water partition coefficient (Wildman–Crippen LogP) is 4.20. The number of fused-ring (bicyclic) bond motifs is 1. The molecule has 1 aliphatic carbocycles. The molecule has 162 valence electrons. The van der Waals surface area contributed by atoms with Crippen LogP contribution in [0.5, 0.6) is 0 Å². The van der Waals surface area contributed by atoms with Gasteiger partial charge in [0.1, 0.15) is 22.9 Å². The number of amides is 1. The first-order chi connectivity index (χ1) is 14.2. The molecule has 0 aromatic carbocycles. The molecule has 0 saturated heterocycles. The number of carbonyl (C=O) groups excluding carboxylic acids is 2. The fourth-order valence-corrected chi connectivity index (χ4v) is 4.66. The number of hydrogen-bond donors (Lipinski definition) is 1. The molecule has 2 heterocycles. The Labute approximate surface area is 178 Å². The predicted molar refractivity (Wildman–Crippen MR) is 113 cm³/mol. The van der Waals surface area contributed by atoms with Crippen molar-refractivity contribution < 1.29 is 19.2 Å². The molecule has 30 heavy (non-hydrogen) atoms. The average molecular weight is 435 g/mol. The average Bonchev–Trinajstić information content (AvgIpc) is 3.27. The SMILES string of the molecule is CCC(C)OC(=O)c1c(NC(=O)C(C)n2cc([N+](=O)[O-])c(C)n2)sc2c1CCCC2. The summed E-state index contributed by atoms with van der Waals surface area (Å²) in [6.07, 6.45) is 5.44. The van der Waals surface area contributed by atoms with Gasteiger partial charge in [-0.1, -0.05) is 6.92 Å². The Bertz CT molecular complexity index is 980. The van der Waals surface area contributed by atoms with Gasteiger partial charge in [-0.25, -0.2) is 4.79 Å². The summed E-state index contributed by atoms with van der Waals surface area (Å²) in [4.78, 5) is 37.4. The lowest BCUT2D eigenvalue weighted by molar-refractivity contribution is -0.385. The van der Waals surface area contributed by atoms with Gasteiger partial charge in [-0.05, 0) is 58.4 Å². The molecule has 0 bridgehead atoms. The maximum atomic E-state index is 12.9. The van der Waals surface area contributed by atoms with E-state index in [-0.39, 0.29) is 17.5 Å². The van der Waals surface area contributed by atoms with Gasteiger partial charge in [-0.3, -0.25) is 19.6 Å². The fourth-order valence-electron chi connectivity index (χ4n) is 3.38. The number of hydrogen-bond acceptors (Lipinski definition) is 7. The van der Waals surface area contributed by atoms with Gasteiger partial charge in [0, 0.05) is 4.88 Å². The van der Waals surface area contributed by atoms with Crippen molar-refractivity contribution in [2.24, 2.45) is 0 Å². The van der Waals surface area contributed by atoms with Crippen LogP contribution in [-0.2, 0) is 22.4 Å². The number of aryl methyl sites for hydroxylation is 2. The molecule has 1 N–H and O–H groups in total. The zero-order valence-electron chi connectivity index (χ0n) is 17.6. The summed E-state index contributed by atoms with van der Waals surface area (Å²) >= 11 is 1.41. The largest absolute Gasteiger partial charge is 0.459 e. The number of nitro groups is 1. The van der Waals surface area contributed by atoms with E-state index in [4.69, 9.17) is 4.74 Å². The Kier molecular flexibility index (Phi) is 6.55. The molecule has 1 amide bonds. The normalized spacial score (nSPS) is 15.2. The van der Waals surface area contributed by atoms with Crippen molar-refractivity contribution in [3.05, 3.63) is 38.0 Å². The van der Waals surface area contributed by atoms with Crippen molar-refractivity contribution in [3.63, 3.8) is 0 Å². The molecule has 9 nitrogen and oxygen atoms in total. The van der Waals surface area contributed by atoms with E-state index in [1.165, 1.54) is 29.1 Å². The Morgan fingerprint density at radius 1 is 1.37 bits per heavy atom. The maximum absolute atomic E-state index is 12.9. The molecule has 2 atom stereocenters. The second-order valence-corrected chi connectivity index (χ2v) is 8.65. The zero-order chi connectivity index (χ0) is 22.0. The van der Waals surface area contributed by atoms with Crippen LogP contribution in [0.4, 0.5) is 10.7 Å². The molecule has 0 aliphatic heterocycles. The number of esters is 1. The molecule has 0 spiro atoms. The van der Waals surface area contributed by atoms with Crippen molar-refractivity contribution in [1.29, 1.82) is 0 Å². The van der Waals surface area contributed by atoms with Crippen LogP contribution in [0.3, 0.4) is 0 Å². The molecule has 1 aliphatic rings. The van der Waals surface area contributed by atoms with Crippen LogP contribution in [-0.4, -0.2) is 32.7 Å². The number of carbonyl (C=O) groups is 2. The summed E-state index contributed by atoms with van der Waals surface area (Å²) in [6, 6.07) is -0.782. The Balaban J connectivity index is 1.87. The number of ether oxygens (including phenoxy) is 1. The molecular formula is C20H26N4O5S. The van der Waals surface area contributed by atoms with E-state index in [1.54, 1.807) is 6.92 Å². The molecule has 10 heteroatoms. The van der Waals surface area contributed by atoms with Crippen molar-refractivity contribution >= 4 is 33.9 Å². The van der Waals surface area contributed by atoms with E-state index < -0.39 is 22.8 Å². The van der Waals surface area contributed by atoms with Gasteiger partial charge in [0.2, 0.25) is 5.91 Å². The lowest BCUT2D eigenvalue weighted by atomic mass is 9.95. The Morgan fingerprint density at radius 2 is 2.07 bits per heavy atom. The first-order valence-electron chi connectivity index (χ1n) is 10.1. The third kappa shape index (κ3) is 4.38. The fraction of sp³-hybridized carbons (Fsp3) is 0.550. The second kappa shape index (κ2) is 8.95. The van der Waals surface area contributed by atoms with E-state index in [2.05, 4.69) is 10.4 Å². The number of nitrogens with zero attached hydrogens (tertiary/aromatic N) is 3. The molecule has 2 aromatic heterocycles. The summed E-state index contributed by atoms with van der Waals surface area (Å²) in [5.74, 6) is -0.819. The third-order valence-corrected chi connectivity index (χ3v) is 6.57. The van der Waals surface area contributed by atoms with Gasteiger partial charge >= 0.3 is 11.7 Å². The smallest absolute Gasteiger partial charge is 0.341 e. The minimum absolute atomic E-state index is 0.140. The van der Waals surface area contributed by atoms with E-state index in [9.17, 15) is 19.7 Å². The monoisotopic (exact) mass is 434 g/mol. The molecular weight excluding hydrogens is 408 g/mol. The third-order valence-electron chi connectivity index (χ3n) is 5.36. The summed E-state index contributed by atoms with van der Waals surface area (Å²) in [5.41, 5.74) is 1.51. The Morgan fingerprint density at radius 3 is 2.70 bits per heavy atom. The van der Waals surface area contributed by atoms with Crippen LogP contribution in [0, 0.1) is 17.0 Å². The number of thiophene rings is 1. The number of anilines is 1. The lowest BCUT2D eigenvalue weighted by Gasteiger charge is -2.16. The second-order valence-electron chi connectivity index (χ2n) is 7.54. The van der Waals surface area contributed by atoms with Gasteiger partial charge in [0.25, 0.3) is 0 Å². The molecule has 0 radical (unpaired) electrons. The first kappa shape index (κ1) is 21.9. The van der Waals surface area contributed by atoms with Crippen LogP contribution < -0.4 is 5.32 Å². The van der Waals surface area contributed by atoms with Gasteiger partial charge in [-0.15, -0.1) is 11.3 Å². The quantitative estimate of drug-likeness (QED) is 0.397. The van der Waals surface area contributed by atoms with Gasteiger partial charge in [0.05, 0.1) is 16.6 Å². The van der Waals surface area contributed by atoms with E-state index in [1.807, 2.05) is 13.8 Å². The minimum Gasteiger partial charge on any atom is -0.459 e. The molecule has 0 fully saturated rings. The number of nitrogens with one attached hydrogen (secondary N) is 1. The van der Waals surface area contributed by atoms with Crippen LogP contribution in [0.15, 0.2) is 6.20 Å². The van der Waals surface area contributed by atoms with Gasteiger partial charge in [0.15, 0.2) is 0 Å². The topological polar surface area (TPSA) is 116 Å². The van der Waals surface area contributed by atoms with Crippen LogP contribution in [0.2, 0.25) is 0 Å². The Hall–Kier alpha value is -2.75. The van der Waals surface area contributed by atoms with Crippen LogP contribution in [0.1, 0.15) is 72.6 Å². The summed E-state index contributed by atoms with van der Waals surface area (Å²) in [7, 11) is 0. The molecule has 0 saturated carbocycles. The summed E-state index contributed by atoms with van der Waals surface area (Å²) in [5, 5.41) is 18.5. The standard InChI is InChI=1S/C20H26N4O5S/c1-5-11(2)29-20(26)17-14-8-6-7-9-16(14)30-19(17)21-18(25)13(4)23-10-15(24(27)28)12(3)22-23/h10-11,13H,5-9H2,1-4H3,(H,21,25). The molecule has 2 aromatic rings. The summed E-state index contributed by atoms with van der Waals surface area (Å²) < 4.78 is 6.82. The highest BCUT2D eigenvalue weighted by Gasteiger charge is 2.30. The zero-order valence-corrected chi connectivity index (χ0v) is 18.4. The van der Waals surface area contributed by atoms with Crippen molar-refractivity contribution in [1.82, 2.24) is 9.78 Å². The molecule has 3 rings (SSSR count). The van der Waals surface area contributed by atoms with Crippen molar-refractivity contribution in [2.75, 3.05) is 5.32 Å². The molecule has 2 unspecified atom stereocenters. The van der Waals surface area contributed by atoms with E-state index in [0.29, 0.717) is 17.0 Å². The van der Waals surface area contributed by atoms with Gasteiger partial charge in [-0.2, -0.15) is 5.10 Å². The maximum Gasteiger partial charge on any atom is 0.341 e. The highest BCUT2D eigenvalue weighted by Crippen LogP contribution is 2.39. The van der Waals surface area contributed by atoms with E-state index in [0.717, 1.165) is 36.1 Å². The van der Waals surface area contributed by atoms with Crippen LogP contribution >= 0.6 is 11.3 Å². The van der Waals surface area contributed by atoms with Gasteiger partial charge < -0.3 is 10.1 Å². The highest BCUT2D eigenvalue weighted by molar-refractivity contribution is 7.17. The van der Waals surface area contributed by atoms with Crippen LogP contribution in [0.25, 0.3) is 0 Å². The summed E-state index contributed by atoms with van der Waals surface area (Å²) in [6.45, 7) is 6.91.